The second-order valence-corrected chi connectivity index (χ2v) is 7.77. The smallest absolute Gasteiger partial charge is 0.225 e. The molecule has 1 aromatic rings. The molecule has 1 unspecified atom stereocenters. The number of carbonyl (C=O) groups is 1. The molecule has 0 spiro atoms. The van der Waals surface area contributed by atoms with Crippen LogP contribution in [0.25, 0.3) is 0 Å². The third-order valence-corrected chi connectivity index (χ3v) is 5.37. The van der Waals surface area contributed by atoms with Crippen LogP contribution < -0.4 is 0 Å². The molecule has 1 saturated carbocycles. The van der Waals surface area contributed by atoms with Crippen molar-refractivity contribution in [1.29, 1.82) is 0 Å². The normalized spacial score (nSPS) is 24.1. The van der Waals surface area contributed by atoms with Crippen molar-refractivity contribution in [2.75, 3.05) is 13.1 Å². The fourth-order valence-electron chi connectivity index (χ4n) is 4.02. The first-order valence-corrected chi connectivity index (χ1v) is 8.31. The molecule has 5 nitrogen and oxygen atoms in total. The Labute approximate surface area is 132 Å². The Morgan fingerprint density at radius 3 is 2.50 bits per heavy atom. The predicted octanol–water partition coefficient (Wildman–Crippen LogP) is 2.13. The maximum atomic E-state index is 12.5. The molecule has 1 amide bonds. The monoisotopic (exact) mass is 305 g/mol. The molecule has 1 saturated heterocycles. The highest BCUT2D eigenvalue weighted by molar-refractivity contribution is 5.80. The van der Waals surface area contributed by atoms with E-state index in [4.69, 9.17) is 0 Å². The van der Waals surface area contributed by atoms with Gasteiger partial charge in [-0.2, -0.15) is 0 Å². The van der Waals surface area contributed by atoms with E-state index in [1.165, 1.54) is 0 Å². The Kier molecular flexibility index (Phi) is 4.02. The number of hydrogen-bond acceptors (Lipinski definition) is 3. The SMILES string of the molecule is Cn1ccnc1C(O)C1CCN(C(=O)C2CC(C)(C)C2)CC1. The topological polar surface area (TPSA) is 58.4 Å². The number of hydrogen-bond donors (Lipinski definition) is 1. The molecule has 0 radical (unpaired) electrons. The van der Waals surface area contributed by atoms with Gasteiger partial charge in [0.15, 0.2) is 0 Å². The fraction of sp³-hybridized carbons (Fsp3) is 0.765. The molecule has 1 aromatic heterocycles. The number of carbonyl (C=O) groups excluding carboxylic acids is 1. The van der Waals surface area contributed by atoms with E-state index < -0.39 is 6.10 Å². The molecule has 2 fully saturated rings. The Morgan fingerprint density at radius 2 is 2.00 bits per heavy atom. The molecule has 122 valence electrons. The van der Waals surface area contributed by atoms with Crippen molar-refractivity contribution >= 4 is 5.91 Å². The van der Waals surface area contributed by atoms with Gasteiger partial charge in [-0.05, 0) is 37.0 Å². The molecule has 22 heavy (non-hydrogen) atoms. The van der Waals surface area contributed by atoms with Crippen LogP contribution in [0.15, 0.2) is 12.4 Å². The Balaban J connectivity index is 1.52. The van der Waals surface area contributed by atoms with Crippen molar-refractivity contribution in [3.8, 4) is 0 Å². The number of aliphatic hydroxyl groups excluding tert-OH is 1. The maximum Gasteiger partial charge on any atom is 0.225 e. The molecule has 1 N–H and O–H groups in total. The van der Waals surface area contributed by atoms with E-state index in [1.54, 1.807) is 6.20 Å². The van der Waals surface area contributed by atoms with Crippen LogP contribution in [0.3, 0.4) is 0 Å². The van der Waals surface area contributed by atoms with E-state index in [9.17, 15) is 9.90 Å². The minimum atomic E-state index is -0.528. The molecule has 2 aliphatic rings. The summed E-state index contributed by atoms with van der Waals surface area (Å²) in [7, 11) is 1.91. The number of nitrogens with zero attached hydrogens (tertiary/aromatic N) is 3. The van der Waals surface area contributed by atoms with Crippen molar-refractivity contribution < 1.29 is 9.90 Å². The van der Waals surface area contributed by atoms with E-state index in [2.05, 4.69) is 18.8 Å². The zero-order chi connectivity index (χ0) is 15.9. The number of amides is 1. The Morgan fingerprint density at radius 1 is 1.36 bits per heavy atom. The number of likely N-dealkylation sites (tertiary alicyclic amines) is 1. The lowest BCUT2D eigenvalue weighted by molar-refractivity contribution is -0.144. The fourth-order valence-corrected chi connectivity index (χ4v) is 4.02. The van der Waals surface area contributed by atoms with Gasteiger partial charge >= 0.3 is 0 Å². The van der Waals surface area contributed by atoms with Crippen LogP contribution >= 0.6 is 0 Å². The predicted molar refractivity (Wildman–Crippen MR) is 84.0 cm³/mol. The minimum Gasteiger partial charge on any atom is -0.385 e. The lowest BCUT2D eigenvalue weighted by Gasteiger charge is -2.45. The van der Waals surface area contributed by atoms with E-state index in [-0.39, 0.29) is 11.8 Å². The van der Waals surface area contributed by atoms with Crippen LogP contribution in [-0.4, -0.2) is 38.6 Å². The van der Waals surface area contributed by atoms with Gasteiger partial charge in [-0.15, -0.1) is 0 Å². The summed E-state index contributed by atoms with van der Waals surface area (Å²) >= 11 is 0. The second-order valence-electron chi connectivity index (χ2n) is 7.77. The molecule has 1 aliphatic carbocycles. The van der Waals surface area contributed by atoms with Crippen LogP contribution in [0, 0.1) is 17.3 Å². The van der Waals surface area contributed by atoms with Crippen molar-refractivity contribution in [2.45, 2.75) is 45.6 Å². The van der Waals surface area contributed by atoms with Crippen molar-refractivity contribution in [3.05, 3.63) is 18.2 Å². The van der Waals surface area contributed by atoms with E-state index in [1.807, 2.05) is 22.7 Å². The van der Waals surface area contributed by atoms with Gasteiger partial charge < -0.3 is 14.6 Å². The molecule has 1 atom stereocenters. The van der Waals surface area contributed by atoms with Crippen LogP contribution in [-0.2, 0) is 11.8 Å². The summed E-state index contributed by atoms with van der Waals surface area (Å²) in [6.07, 6.45) is 6.79. The van der Waals surface area contributed by atoms with Gasteiger partial charge in [0, 0.05) is 38.4 Å². The average molecular weight is 305 g/mol. The van der Waals surface area contributed by atoms with Gasteiger partial charge in [-0.3, -0.25) is 4.79 Å². The van der Waals surface area contributed by atoms with Crippen molar-refractivity contribution in [2.24, 2.45) is 24.3 Å². The number of aryl methyl sites for hydroxylation is 1. The minimum absolute atomic E-state index is 0.197. The second kappa shape index (κ2) is 5.69. The third-order valence-electron chi connectivity index (χ3n) is 5.37. The van der Waals surface area contributed by atoms with Crippen LogP contribution in [0.2, 0.25) is 0 Å². The summed E-state index contributed by atoms with van der Waals surface area (Å²) in [5, 5.41) is 10.5. The zero-order valence-corrected chi connectivity index (χ0v) is 13.8. The molecule has 5 heteroatoms. The summed E-state index contributed by atoms with van der Waals surface area (Å²) in [5.41, 5.74) is 0.340. The van der Waals surface area contributed by atoms with Crippen LogP contribution in [0.5, 0.6) is 0 Å². The Hall–Kier alpha value is -1.36. The van der Waals surface area contributed by atoms with Crippen LogP contribution in [0.1, 0.15) is 51.5 Å². The van der Waals surface area contributed by atoms with Gasteiger partial charge in [0.2, 0.25) is 5.91 Å². The lowest BCUT2D eigenvalue weighted by atomic mass is 9.64. The summed E-state index contributed by atoms with van der Waals surface area (Å²) in [6, 6.07) is 0. The number of piperidine rings is 1. The molecule has 0 aromatic carbocycles. The molecule has 3 rings (SSSR count). The third kappa shape index (κ3) is 2.91. The van der Waals surface area contributed by atoms with Gasteiger partial charge in [0.1, 0.15) is 11.9 Å². The summed E-state index contributed by atoms with van der Waals surface area (Å²) in [4.78, 5) is 18.7. The van der Waals surface area contributed by atoms with Crippen LogP contribution in [0.4, 0.5) is 0 Å². The maximum absolute atomic E-state index is 12.5. The molecular weight excluding hydrogens is 278 g/mol. The highest BCUT2D eigenvalue weighted by Crippen LogP contribution is 2.45. The van der Waals surface area contributed by atoms with E-state index >= 15 is 0 Å². The largest absolute Gasteiger partial charge is 0.385 e. The first-order chi connectivity index (χ1) is 10.4. The standard InChI is InChI=1S/C17H27N3O2/c1-17(2)10-13(11-17)16(22)20-7-4-12(5-8-20)14(21)15-18-6-9-19(15)3/h6,9,12-14,21H,4-5,7-8,10-11H2,1-3H3. The first kappa shape index (κ1) is 15.5. The summed E-state index contributed by atoms with van der Waals surface area (Å²) in [5.74, 6) is 1.48. The number of aromatic nitrogens is 2. The van der Waals surface area contributed by atoms with Gasteiger partial charge in [-0.25, -0.2) is 4.98 Å². The highest BCUT2D eigenvalue weighted by Gasteiger charge is 2.42. The molecule has 2 heterocycles. The van der Waals surface area contributed by atoms with Gasteiger partial charge in [0.25, 0.3) is 0 Å². The van der Waals surface area contributed by atoms with Crippen molar-refractivity contribution in [3.63, 3.8) is 0 Å². The number of imidazole rings is 1. The van der Waals surface area contributed by atoms with Gasteiger partial charge in [-0.1, -0.05) is 13.8 Å². The van der Waals surface area contributed by atoms with Crippen molar-refractivity contribution in [1.82, 2.24) is 14.5 Å². The summed E-state index contributed by atoms with van der Waals surface area (Å²) < 4.78 is 1.87. The van der Waals surface area contributed by atoms with Gasteiger partial charge in [0.05, 0.1) is 0 Å². The lowest BCUT2D eigenvalue weighted by Crippen LogP contribution is -2.48. The van der Waals surface area contributed by atoms with E-state index in [0.717, 1.165) is 44.6 Å². The molecule has 1 aliphatic heterocycles. The summed E-state index contributed by atoms with van der Waals surface area (Å²) in [6.45, 7) is 5.99. The molecule has 0 bridgehead atoms. The average Bonchev–Trinajstić information content (AvgIpc) is 2.89. The van der Waals surface area contributed by atoms with E-state index in [0.29, 0.717) is 11.3 Å². The Bertz CT molecular complexity index is 536. The quantitative estimate of drug-likeness (QED) is 0.930. The molecular formula is C17H27N3O2. The first-order valence-electron chi connectivity index (χ1n) is 8.31. The zero-order valence-electron chi connectivity index (χ0n) is 13.8. The highest BCUT2D eigenvalue weighted by atomic mass is 16.3. The number of rotatable bonds is 3. The number of aliphatic hydroxyl groups is 1.